The molecule has 2 heteroatoms. The number of benzene rings is 1. The highest BCUT2D eigenvalue weighted by atomic mass is 16.1. The van der Waals surface area contributed by atoms with Crippen molar-refractivity contribution in [2.45, 2.75) is 26.3 Å². The van der Waals surface area contributed by atoms with Crippen LogP contribution in [-0.2, 0) is 6.42 Å². The second-order valence-electron chi connectivity index (χ2n) is 3.85. The zero-order valence-corrected chi connectivity index (χ0v) is 8.66. The molecular formula is C12H15NO. The molecule has 1 aliphatic heterocycles. The summed E-state index contributed by atoms with van der Waals surface area (Å²) in [5, 5.41) is 0. The van der Waals surface area contributed by atoms with Crippen LogP contribution in [0.25, 0.3) is 0 Å². The third-order valence-corrected chi connectivity index (χ3v) is 2.94. The third-order valence-electron chi connectivity index (χ3n) is 2.94. The van der Waals surface area contributed by atoms with Crippen LogP contribution in [0.15, 0.2) is 18.2 Å². The van der Waals surface area contributed by atoms with Crippen LogP contribution in [0, 0.1) is 0 Å². The minimum absolute atomic E-state index is 0.567. The first-order valence-corrected chi connectivity index (χ1v) is 5.11. The molecule has 0 fully saturated rings. The first kappa shape index (κ1) is 9.25. The molecule has 0 N–H and O–H groups in total. The van der Waals surface area contributed by atoms with E-state index < -0.39 is 0 Å². The van der Waals surface area contributed by atoms with Crippen LogP contribution < -0.4 is 4.90 Å². The number of aldehydes is 1. The molecule has 0 spiro atoms. The Balaban J connectivity index is 2.42. The van der Waals surface area contributed by atoms with Crippen LogP contribution in [0.2, 0.25) is 0 Å². The van der Waals surface area contributed by atoms with Crippen molar-refractivity contribution in [3.63, 3.8) is 0 Å². The monoisotopic (exact) mass is 189 g/mol. The predicted molar refractivity (Wildman–Crippen MR) is 58.0 cm³/mol. The van der Waals surface area contributed by atoms with E-state index in [1.165, 1.54) is 11.3 Å². The maximum absolute atomic E-state index is 10.6. The highest BCUT2D eigenvalue weighted by Gasteiger charge is 2.24. The Kier molecular flexibility index (Phi) is 2.28. The van der Waals surface area contributed by atoms with E-state index in [9.17, 15) is 4.79 Å². The van der Waals surface area contributed by atoms with Crippen molar-refractivity contribution in [2.24, 2.45) is 0 Å². The van der Waals surface area contributed by atoms with Gasteiger partial charge in [-0.05, 0) is 44.0 Å². The average molecular weight is 189 g/mol. The van der Waals surface area contributed by atoms with Gasteiger partial charge in [0.1, 0.15) is 6.29 Å². The molecule has 0 aromatic heterocycles. The molecule has 0 bridgehead atoms. The number of hydrogen-bond donors (Lipinski definition) is 0. The molecule has 2 nitrogen and oxygen atoms in total. The molecule has 1 aliphatic rings. The third kappa shape index (κ3) is 1.31. The Hall–Kier alpha value is -1.31. The molecule has 74 valence electrons. The predicted octanol–water partition coefficient (Wildman–Crippen LogP) is 2.27. The lowest BCUT2D eigenvalue weighted by atomic mass is 10.1. The van der Waals surface area contributed by atoms with Crippen LogP contribution in [0.4, 0.5) is 5.69 Å². The van der Waals surface area contributed by atoms with Crippen molar-refractivity contribution in [3.05, 3.63) is 29.3 Å². The normalized spacial score (nSPS) is 19.6. The Morgan fingerprint density at radius 2 is 2.36 bits per heavy atom. The Bertz CT molecular complexity index is 359. The molecule has 0 amide bonds. The van der Waals surface area contributed by atoms with Gasteiger partial charge >= 0.3 is 0 Å². The molecule has 14 heavy (non-hydrogen) atoms. The molecule has 0 aliphatic carbocycles. The van der Waals surface area contributed by atoms with Crippen molar-refractivity contribution in [1.82, 2.24) is 0 Å². The molecule has 0 saturated heterocycles. The summed E-state index contributed by atoms with van der Waals surface area (Å²) in [4.78, 5) is 13.0. The van der Waals surface area contributed by atoms with E-state index in [2.05, 4.69) is 24.8 Å². The number of hydrogen-bond acceptors (Lipinski definition) is 2. The molecule has 1 atom stereocenters. The summed E-state index contributed by atoms with van der Waals surface area (Å²) >= 11 is 0. The van der Waals surface area contributed by atoms with Crippen LogP contribution in [-0.4, -0.2) is 18.9 Å². The van der Waals surface area contributed by atoms with E-state index in [-0.39, 0.29) is 0 Å². The van der Waals surface area contributed by atoms with Gasteiger partial charge in [0.05, 0.1) is 0 Å². The van der Waals surface area contributed by atoms with Crippen molar-refractivity contribution in [3.8, 4) is 0 Å². The number of nitrogens with zero attached hydrogens (tertiary/aromatic N) is 1. The van der Waals surface area contributed by atoms with E-state index in [1.54, 1.807) is 0 Å². The van der Waals surface area contributed by atoms with Gasteiger partial charge in [-0.3, -0.25) is 4.79 Å². The molecule has 1 heterocycles. The molecule has 2 rings (SSSR count). The molecule has 0 radical (unpaired) electrons. The highest BCUT2D eigenvalue weighted by molar-refractivity contribution is 5.77. The number of carbonyl (C=O) groups excluding carboxylic acids is 1. The summed E-state index contributed by atoms with van der Waals surface area (Å²) in [7, 11) is 0. The van der Waals surface area contributed by atoms with Gasteiger partial charge in [0, 0.05) is 23.8 Å². The number of fused-ring (bicyclic) bond motifs is 1. The van der Waals surface area contributed by atoms with Crippen molar-refractivity contribution in [1.29, 1.82) is 0 Å². The molecule has 1 aromatic carbocycles. The van der Waals surface area contributed by atoms with E-state index in [4.69, 9.17) is 0 Å². The van der Waals surface area contributed by atoms with Gasteiger partial charge in [-0.2, -0.15) is 0 Å². The van der Waals surface area contributed by atoms with Gasteiger partial charge in [-0.15, -0.1) is 0 Å². The summed E-state index contributed by atoms with van der Waals surface area (Å²) in [5.74, 6) is 0. The second kappa shape index (κ2) is 3.45. The van der Waals surface area contributed by atoms with E-state index >= 15 is 0 Å². The van der Waals surface area contributed by atoms with E-state index in [1.807, 2.05) is 12.1 Å². The van der Waals surface area contributed by atoms with E-state index in [0.717, 1.165) is 24.8 Å². The lowest BCUT2D eigenvalue weighted by Crippen LogP contribution is -2.28. The first-order chi connectivity index (χ1) is 6.76. The number of anilines is 1. The Morgan fingerprint density at radius 3 is 3.00 bits per heavy atom. The molecular weight excluding hydrogens is 174 g/mol. The Morgan fingerprint density at radius 1 is 1.57 bits per heavy atom. The standard InChI is InChI=1S/C12H15NO/c1-3-13-9(2)6-11-7-10(8-14)4-5-12(11)13/h4-5,7-9H,3,6H2,1-2H3. The molecule has 0 saturated carbocycles. The number of rotatable bonds is 2. The fourth-order valence-electron chi connectivity index (χ4n) is 2.27. The summed E-state index contributed by atoms with van der Waals surface area (Å²) in [6, 6.07) is 6.53. The van der Waals surface area contributed by atoms with Crippen molar-refractivity contribution >= 4 is 12.0 Å². The lowest BCUT2D eigenvalue weighted by Gasteiger charge is -2.22. The maximum atomic E-state index is 10.6. The van der Waals surface area contributed by atoms with Gasteiger partial charge in [-0.25, -0.2) is 0 Å². The van der Waals surface area contributed by atoms with Gasteiger partial charge in [0.25, 0.3) is 0 Å². The summed E-state index contributed by atoms with van der Waals surface area (Å²) in [6.07, 6.45) is 1.98. The topological polar surface area (TPSA) is 20.3 Å². The first-order valence-electron chi connectivity index (χ1n) is 5.11. The smallest absolute Gasteiger partial charge is 0.150 e. The van der Waals surface area contributed by atoms with Gasteiger partial charge < -0.3 is 4.90 Å². The quantitative estimate of drug-likeness (QED) is 0.665. The zero-order chi connectivity index (χ0) is 10.1. The van der Waals surface area contributed by atoms with Crippen LogP contribution >= 0.6 is 0 Å². The Labute approximate surface area is 84.5 Å². The van der Waals surface area contributed by atoms with Gasteiger partial charge in [-0.1, -0.05) is 0 Å². The second-order valence-corrected chi connectivity index (χ2v) is 3.85. The summed E-state index contributed by atoms with van der Waals surface area (Å²) in [5.41, 5.74) is 3.39. The lowest BCUT2D eigenvalue weighted by molar-refractivity contribution is 0.112. The van der Waals surface area contributed by atoms with Crippen molar-refractivity contribution < 1.29 is 4.79 Å². The van der Waals surface area contributed by atoms with Gasteiger partial charge in [0.2, 0.25) is 0 Å². The summed E-state index contributed by atoms with van der Waals surface area (Å²) in [6.45, 7) is 5.43. The highest BCUT2D eigenvalue weighted by Crippen LogP contribution is 2.31. The fraction of sp³-hybridized carbons (Fsp3) is 0.417. The fourth-order valence-corrected chi connectivity index (χ4v) is 2.27. The maximum Gasteiger partial charge on any atom is 0.150 e. The number of likely N-dealkylation sites (N-methyl/N-ethyl adjacent to an activating group) is 1. The van der Waals surface area contributed by atoms with Gasteiger partial charge in [0.15, 0.2) is 0 Å². The minimum Gasteiger partial charge on any atom is -0.369 e. The van der Waals surface area contributed by atoms with Crippen LogP contribution in [0.1, 0.15) is 29.8 Å². The van der Waals surface area contributed by atoms with Crippen molar-refractivity contribution in [2.75, 3.05) is 11.4 Å². The average Bonchev–Trinajstić information content (AvgIpc) is 2.51. The summed E-state index contributed by atoms with van der Waals surface area (Å²) < 4.78 is 0. The number of carbonyl (C=O) groups is 1. The van der Waals surface area contributed by atoms with Crippen LogP contribution in [0.5, 0.6) is 0 Å². The molecule has 1 aromatic rings. The SMILES string of the molecule is CCN1c2ccc(C=O)cc2CC1C. The minimum atomic E-state index is 0.567. The zero-order valence-electron chi connectivity index (χ0n) is 8.66. The molecule has 1 unspecified atom stereocenters. The largest absolute Gasteiger partial charge is 0.369 e. The van der Waals surface area contributed by atoms with E-state index in [0.29, 0.717) is 6.04 Å². The van der Waals surface area contributed by atoms with Crippen LogP contribution in [0.3, 0.4) is 0 Å².